The van der Waals surface area contributed by atoms with Gasteiger partial charge in [-0.05, 0) is 48.4 Å². The van der Waals surface area contributed by atoms with Crippen LogP contribution in [-0.4, -0.2) is 4.98 Å². The van der Waals surface area contributed by atoms with Crippen LogP contribution in [0.4, 0.5) is 0 Å². The first-order valence-corrected chi connectivity index (χ1v) is 10.5. The van der Waals surface area contributed by atoms with E-state index in [0.717, 1.165) is 38.9 Å². The molecule has 0 fully saturated rings. The number of ether oxygens (including phenoxy) is 2. The molecule has 0 radical (unpaired) electrons. The van der Waals surface area contributed by atoms with Crippen LogP contribution in [-0.2, 0) is 13.2 Å². The van der Waals surface area contributed by atoms with Gasteiger partial charge in [0.2, 0.25) is 0 Å². The Morgan fingerprint density at radius 3 is 2.45 bits per heavy atom. The maximum Gasteiger partial charge on any atom is 0.131 e. The molecule has 0 aliphatic rings. The van der Waals surface area contributed by atoms with Gasteiger partial charge in [-0.3, -0.25) is 0 Å². The van der Waals surface area contributed by atoms with Gasteiger partial charge < -0.3 is 9.47 Å². The van der Waals surface area contributed by atoms with Crippen molar-refractivity contribution in [3.63, 3.8) is 0 Å². The maximum atomic E-state index is 6.05. The highest BCUT2D eigenvalue weighted by molar-refractivity contribution is 7.13. The van der Waals surface area contributed by atoms with Crippen molar-refractivity contribution in [3.05, 3.63) is 100 Å². The molecule has 0 saturated carbocycles. The van der Waals surface area contributed by atoms with E-state index in [9.17, 15) is 0 Å². The zero-order valence-corrected chi connectivity index (χ0v) is 17.5. The highest BCUT2D eigenvalue weighted by Gasteiger charge is 2.11. The average molecular weight is 422 g/mol. The molecule has 0 saturated heterocycles. The molecule has 3 nitrogen and oxygen atoms in total. The van der Waals surface area contributed by atoms with Gasteiger partial charge in [-0.2, -0.15) is 0 Å². The topological polar surface area (TPSA) is 31.4 Å². The molecule has 1 heterocycles. The molecule has 146 valence electrons. The van der Waals surface area contributed by atoms with Crippen LogP contribution in [0.2, 0.25) is 5.02 Å². The minimum Gasteiger partial charge on any atom is -0.489 e. The van der Waals surface area contributed by atoms with Crippen LogP contribution in [0.15, 0.2) is 78.2 Å². The van der Waals surface area contributed by atoms with E-state index in [1.807, 2.05) is 60.0 Å². The summed E-state index contributed by atoms with van der Waals surface area (Å²) in [6, 6.07) is 23.6. The number of halogens is 1. The third-order valence-corrected chi connectivity index (χ3v) is 5.65. The average Bonchev–Trinajstić information content (AvgIpc) is 3.22. The van der Waals surface area contributed by atoms with Crippen molar-refractivity contribution in [2.75, 3.05) is 0 Å². The highest BCUT2D eigenvalue weighted by atomic mass is 35.5. The second kappa shape index (κ2) is 9.12. The van der Waals surface area contributed by atoms with Crippen LogP contribution in [0, 0.1) is 6.92 Å². The molecule has 4 aromatic rings. The SMILES string of the molecule is Cc1ccccc1OCc1ccccc1-c1nc(COc2ccc(Cl)cc2)cs1. The van der Waals surface area contributed by atoms with Crippen molar-refractivity contribution in [1.82, 2.24) is 4.98 Å². The third-order valence-electron chi connectivity index (χ3n) is 4.48. The summed E-state index contributed by atoms with van der Waals surface area (Å²) < 4.78 is 11.9. The Labute approximate surface area is 179 Å². The monoisotopic (exact) mass is 421 g/mol. The molecule has 0 atom stereocenters. The standard InChI is InChI=1S/C24H20ClNO2S/c1-17-6-2-5-9-23(17)28-14-18-7-3-4-8-22(18)24-26-20(16-29-24)15-27-21-12-10-19(25)11-13-21/h2-13,16H,14-15H2,1H3. The van der Waals surface area contributed by atoms with Gasteiger partial charge >= 0.3 is 0 Å². The molecule has 0 N–H and O–H groups in total. The summed E-state index contributed by atoms with van der Waals surface area (Å²) in [5.41, 5.74) is 4.22. The minimum atomic E-state index is 0.417. The summed E-state index contributed by atoms with van der Waals surface area (Å²) in [6.07, 6.45) is 0. The number of aryl methyl sites for hydroxylation is 1. The van der Waals surface area contributed by atoms with Gasteiger partial charge in [-0.1, -0.05) is 54.1 Å². The number of para-hydroxylation sites is 1. The van der Waals surface area contributed by atoms with Crippen LogP contribution in [0.1, 0.15) is 16.8 Å². The van der Waals surface area contributed by atoms with Crippen molar-refractivity contribution in [2.45, 2.75) is 20.1 Å². The Bertz CT molecular complexity index is 1090. The van der Waals surface area contributed by atoms with Crippen LogP contribution in [0.25, 0.3) is 10.6 Å². The van der Waals surface area contributed by atoms with Crippen molar-refractivity contribution in [2.24, 2.45) is 0 Å². The molecule has 0 spiro atoms. The second-order valence-corrected chi connectivity index (χ2v) is 7.89. The Morgan fingerprint density at radius 2 is 1.62 bits per heavy atom. The van der Waals surface area contributed by atoms with E-state index in [2.05, 4.69) is 25.1 Å². The van der Waals surface area contributed by atoms with Crippen LogP contribution in [0.5, 0.6) is 11.5 Å². The van der Waals surface area contributed by atoms with E-state index < -0.39 is 0 Å². The predicted octanol–water partition coefficient (Wildman–Crippen LogP) is 6.93. The number of thiazole rings is 1. The van der Waals surface area contributed by atoms with E-state index in [-0.39, 0.29) is 0 Å². The normalized spacial score (nSPS) is 10.7. The fourth-order valence-electron chi connectivity index (χ4n) is 2.91. The first-order chi connectivity index (χ1) is 14.2. The molecule has 5 heteroatoms. The Kier molecular flexibility index (Phi) is 6.13. The van der Waals surface area contributed by atoms with E-state index >= 15 is 0 Å². The zero-order valence-electron chi connectivity index (χ0n) is 16.0. The fraction of sp³-hybridized carbons (Fsp3) is 0.125. The summed E-state index contributed by atoms with van der Waals surface area (Å²) in [6.45, 7) is 2.96. The third kappa shape index (κ3) is 4.97. The van der Waals surface area contributed by atoms with Crippen LogP contribution < -0.4 is 9.47 Å². The summed E-state index contributed by atoms with van der Waals surface area (Å²) >= 11 is 7.52. The molecule has 4 rings (SSSR count). The lowest BCUT2D eigenvalue weighted by Crippen LogP contribution is -1.99. The van der Waals surface area contributed by atoms with Gasteiger partial charge in [0.05, 0.1) is 5.69 Å². The number of aromatic nitrogens is 1. The lowest BCUT2D eigenvalue weighted by atomic mass is 10.1. The summed E-state index contributed by atoms with van der Waals surface area (Å²) in [4.78, 5) is 4.76. The quantitative estimate of drug-likeness (QED) is 0.324. The van der Waals surface area contributed by atoms with E-state index in [4.69, 9.17) is 26.1 Å². The number of hydrogen-bond acceptors (Lipinski definition) is 4. The Morgan fingerprint density at radius 1 is 0.862 bits per heavy atom. The molecule has 0 unspecified atom stereocenters. The summed E-state index contributed by atoms with van der Waals surface area (Å²) in [5.74, 6) is 1.68. The van der Waals surface area contributed by atoms with Crippen LogP contribution in [0.3, 0.4) is 0 Å². The first-order valence-electron chi connectivity index (χ1n) is 9.28. The molecule has 3 aromatic carbocycles. The van der Waals surface area contributed by atoms with E-state index in [0.29, 0.717) is 18.2 Å². The molecule has 0 aliphatic carbocycles. The molecule has 1 aromatic heterocycles. The number of benzene rings is 3. The van der Waals surface area contributed by atoms with Gasteiger partial charge in [0.1, 0.15) is 29.7 Å². The number of hydrogen-bond donors (Lipinski definition) is 0. The molecule has 29 heavy (non-hydrogen) atoms. The lowest BCUT2D eigenvalue weighted by molar-refractivity contribution is 0.302. The van der Waals surface area contributed by atoms with Crippen LogP contribution >= 0.6 is 22.9 Å². The first kappa shape index (κ1) is 19.5. The maximum absolute atomic E-state index is 6.05. The minimum absolute atomic E-state index is 0.417. The van der Waals surface area contributed by atoms with Crippen molar-refractivity contribution in [1.29, 1.82) is 0 Å². The Balaban J connectivity index is 1.46. The summed E-state index contributed by atoms with van der Waals surface area (Å²) in [7, 11) is 0. The van der Waals surface area contributed by atoms with Gasteiger partial charge in [0.25, 0.3) is 0 Å². The number of nitrogens with zero attached hydrogens (tertiary/aromatic N) is 1. The van der Waals surface area contributed by atoms with E-state index in [1.165, 1.54) is 0 Å². The number of rotatable bonds is 7. The second-order valence-electron chi connectivity index (χ2n) is 6.60. The van der Waals surface area contributed by atoms with Crippen molar-refractivity contribution < 1.29 is 9.47 Å². The van der Waals surface area contributed by atoms with Crippen molar-refractivity contribution >= 4 is 22.9 Å². The van der Waals surface area contributed by atoms with Gasteiger partial charge in [-0.15, -0.1) is 11.3 Å². The highest BCUT2D eigenvalue weighted by Crippen LogP contribution is 2.29. The fourth-order valence-corrected chi connectivity index (χ4v) is 3.90. The smallest absolute Gasteiger partial charge is 0.131 e. The molecule has 0 amide bonds. The lowest BCUT2D eigenvalue weighted by Gasteiger charge is -2.11. The summed E-state index contributed by atoms with van der Waals surface area (Å²) in [5, 5.41) is 3.69. The van der Waals surface area contributed by atoms with Crippen molar-refractivity contribution in [3.8, 4) is 22.1 Å². The van der Waals surface area contributed by atoms with Gasteiger partial charge in [-0.25, -0.2) is 4.98 Å². The molecule has 0 aliphatic heterocycles. The molecular formula is C24H20ClNO2S. The predicted molar refractivity (Wildman–Crippen MR) is 119 cm³/mol. The largest absolute Gasteiger partial charge is 0.489 e. The zero-order chi connectivity index (χ0) is 20.1. The van der Waals surface area contributed by atoms with E-state index in [1.54, 1.807) is 11.3 Å². The van der Waals surface area contributed by atoms with Gasteiger partial charge in [0.15, 0.2) is 0 Å². The Hall–Kier alpha value is -2.82. The molecule has 0 bridgehead atoms. The van der Waals surface area contributed by atoms with Gasteiger partial charge in [0, 0.05) is 16.0 Å². The molecular weight excluding hydrogens is 402 g/mol.